The SMILES string of the molecule is C=CN1c2ccccc2Sc2ccc(Cl)cc21. The summed E-state index contributed by atoms with van der Waals surface area (Å²) in [5.41, 5.74) is 2.25. The Balaban J connectivity index is 2.22. The van der Waals surface area contributed by atoms with Crippen LogP contribution in [0.4, 0.5) is 11.4 Å². The Morgan fingerprint density at radius 3 is 2.65 bits per heavy atom. The van der Waals surface area contributed by atoms with Gasteiger partial charge in [0, 0.05) is 21.0 Å². The van der Waals surface area contributed by atoms with E-state index in [0.717, 1.165) is 16.4 Å². The molecular formula is C14H10ClNS. The lowest BCUT2D eigenvalue weighted by Crippen LogP contribution is -2.12. The van der Waals surface area contributed by atoms with Crippen molar-refractivity contribution in [3.63, 3.8) is 0 Å². The first-order valence-corrected chi connectivity index (χ1v) is 6.47. The highest BCUT2D eigenvalue weighted by molar-refractivity contribution is 7.99. The van der Waals surface area contributed by atoms with Gasteiger partial charge in [-0.05, 0) is 30.3 Å². The average molecular weight is 260 g/mol. The molecule has 1 heterocycles. The van der Waals surface area contributed by atoms with Gasteiger partial charge >= 0.3 is 0 Å². The lowest BCUT2D eigenvalue weighted by atomic mass is 10.2. The van der Waals surface area contributed by atoms with E-state index in [-0.39, 0.29) is 0 Å². The van der Waals surface area contributed by atoms with Crippen LogP contribution in [0.3, 0.4) is 0 Å². The summed E-state index contributed by atoms with van der Waals surface area (Å²) >= 11 is 7.82. The molecule has 0 bridgehead atoms. The Morgan fingerprint density at radius 1 is 1.06 bits per heavy atom. The second-order valence-electron chi connectivity index (χ2n) is 3.73. The number of anilines is 2. The average Bonchev–Trinajstić information content (AvgIpc) is 2.36. The molecule has 0 spiro atoms. The molecule has 1 nitrogen and oxygen atoms in total. The molecule has 0 atom stereocenters. The molecule has 0 aliphatic carbocycles. The van der Waals surface area contributed by atoms with Crippen molar-refractivity contribution in [1.82, 2.24) is 0 Å². The van der Waals surface area contributed by atoms with Crippen LogP contribution in [0.15, 0.2) is 65.0 Å². The van der Waals surface area contributed by atoms with E-state index in [0.29, 0.717) is 0 Å². The van der Waals surface area contributed by atoms with Crippen molar-refractivity contribution in [2.24, 2.45) is 0 Å². The molecule has 0 N–H and O–H groups in total. The third-order valence-corrected chi connectivity index (χ3v) is 4.07. The number of rotatable bonds is 1. The van der Waals surface area contributed by atoms with Gasteiger partial charge in [0.2, 0.25) is 0 Å². The Morgan fingerprint density at radius 2 is 1.82 bits per heavy atom. The Hall–Kier alpha value is -1.38. The van der Waals surface area contributed by atoms with Crippen molar-refractivity contribution in [3.8, 4) is 0 Å². The van der Waals surface area contributed by atoms with Gasteiger partial charge in [-0.15, -0.1) is 0 Å². The number of hydrogen-bond donors (Lipinski definition) is 0. The minimum atomic E-state index is 0.746. The predicted molar refractivity (Wildman–Crippen MR) is 74.4 cm³/mol. The lowest BCUT2D eigenvalue weighted by Gasteiger charge is -2.29. The van der Waals surface area contributed by atoms with E-state index in [1.54, 1.807) is 11.8 Å². The minimum Gasteiger partial charge on any atom is -0.315 e. The summed E-state index contributed by atoms with van der Waals surface area (Å²) in [4.78, 5) is 4.52. The third-order valence-electron chi connectivity index (χ3n) is 2.71. The summed E-state index contributed by atoms with van der Waals surface area (Å²) in [6, 6.07) is 14.2. The van der Waals surface area contributed by atoms with Crippen LogP contribution >= 0.6 is 23.4 Å². The van der Waals surface area contributed by atoms with E-state index in [1.807, 2.05) is 30.5 Å². The smallest absolute Gasteiger partial charge is 0.0610 e. The topological polar surface area (TPSA) is 3.24 Å². The number of halogens is 1. The van der Waals surface area contributed by atoms with Crippen LogP contribution < -0.4 is 4.90 Å². The summed E-state index contributed by atoms with van der Waals surface area (Å²) < 4.78 is 0. The molecule has 0 fully saturated rings. The quantitative estimate of drug-likeness (QED) is 0.702. The first kappa shape index (κ1) is 10.8. The fraction of sp³-hybridized carbons (Fsp3) is 0. The van der Waals surface area contributed by atoms with E-state index in [2.05, 4.69) is 29.7 Å². The van der Waals surface area contributed by atoms with Crippen molar-refractivity contribution in [2.45, 2.75) is 9.79 Å². The third kappa shape index (κ3) is 1.74. The molecule has 0 unspecified atom stereocenters. The summed E-state index contributed by atoms with van der Waals surface area (Å²) in [5, 5.41) is 0.746. The van der Waals surface area contributed by atoms with Crippen molar-refractivity contribution in [1.29, 1.82) is 0 Å². The highest BCUT2D eigenvalue weighted by Gasteiger charge is 2.21. The first-order valence-electron chi connectivity index (χ1n) is 5.28. The van der Waals surface area contributed by atoms with Gasteiger partial charge in [0.1, 0.15) is 0 Å². The van der Waals surface area contributed by atoms with E-state index in [4.69, 9.17) is 11.6 Å². The lowest BCUT2D eigenvalue weighted by molar-refractivity contribution is 1.16. The number of fused-ring (bicyclic) bond motifs is 2. The zero-order chi connectivity index (χ0) is 11.8. The molecule has 1 aliphatic rings. The second kappa shape index (κ2) is 4.13. The summed E-state index contributed by atoms with van der Waals surface area (Å²) in [7, 11) is 0. The molecule has 0 aromatic heterocycles. The summed E-state index contributed by atoms with van der Waals surface area (Å²) in [6.07, 6.45) is 1.83. The van der Waals surface area contributed by atoms with Crippen LogP contribution in [0.5, 0.6) is 0 Å². The maximum absolute atomic E-state index is 6.06. The summed E-state index contributed by atoms with van der Waals surface area (Å²) in [6.45, 7) is 3.89. The van der Waals surface area contributed by atoms with Gasteiger partial charge in [-0.25, -0.2) is 0 Å². The molecule has 17 heavy (non-hydrogen) atoms. The highest BCUT2D eigenvalue weighted by atomic mass is 35.5. The zero-order valence-electron chi connectivity index (χ0n) is 9.06. The zero-order valence-corrected chi connectivity index (χ0v) is 10.6. The van der Waals surface area contributed by atoms with Gasteiger partial charge in [-0.1, -0.05) is 42.1 Å². The van der Waals surface area contributed by atoms with Crippen LogP contribution in [0.1, 0.15) is 0 Å². The Kier molecular flexibility index (Phi) is 2.61. The van der Waals surface area contributed by atoms with E-state index in [9.17, 15) is 0 Å². The van der Waals surface area contributed by atoms with Crippen LogP contribution in [-0.4, -0.2) is 0 Å². The maximum Gasteiger partial charge on any atom is 0.0610 e. The fourth-order valence-electron chi connectivity index (χ4n) is 1.95. The molecule has 0 radical (unpaired) electrons. The Bertz CT molecular complexity index is 595. The van der Waals surface area contributed by atoms with Crippen LogP contribution in [0, 0.1) is 0 Å². The molecule has 3 rings (SSSR count). The van der Waals surface area contributed by atoms with Crippen LogP contribution in [0.2, 0.25) is 5.02 Å². The van der Waals surface area contributed by atoms with Gasteiger partial charge in [0.05, 0.1) is 11.4 Å². The summed E-state index contributed by atoms with van der Waals surface area (Å²) in [5.74, 6) is 0. The minimum absolute atomic E-state index is 0.746. The van der Waals surface area contributed by atoms with Crippen LogP contribution in [0.25, 0.3) is 0 Å². The van der Waals surface area contributed by atoms with Crippen molar-refractivity contribution in [2.75, 3.05) is 4.90 Å². The van der Waals surface area contributed by atoms with Crippen molar-refractivity contribution in [3.05, 3.63) is 60.3 Å². The number of para-hydroxylation sites is 1. The van der Waals surface area contributed by atoms with Gasteiger partial charge in [-0.3, -0.25) is 0 Å². The van der Waals surface area contributed by atoms with E-state index in [1.165, 1.54) is 9.79 Å². The first-order chi connectivity index (χ1) is 8.29. The molecule has 84 valence electrons. The fourth-order valence-corrected chi connectivity index (χ4v) is 3.17. The molecule has 0 saturated carbocycles. The molecule has 0 amide bonds. The second-order valence-corrected chi connectivity index (χ2v) is 5.25. The predicted octanol–water partition coefficient (Wildman–Crippen LogP) is 5.09. The molecule has 0 saturated heterocycles. The van der Waals surface area contributed by atoms with Gasteiger partial charge < -0.3 is 4.90 Å². The number of hydrogen-bond acceptors (Lipinski definition) is 2. The van der Waals surface area contributed by atoms with Gasteiger partial charge in [0.15, 0.2) is 0 Å². The largest absolute Gasteiger partial charge is 0.315 e. The van der Waals surface area contributed by atoms with E-state index < -0.39 is 0 Å². The molecule has 2 aromatic rings. The normalized spacial score (nSPS) is 12.9. The highest BCUT2D eigenvalue weighted by Crippen LogP contribution is 2.48. The van der Waals surface area contributed by atoms with Crippen molar-refractivity contribution < 1.29 is 0 Å². The van der Waals surface area contributed by atoms with Crippen molar-refractivity contribution >= 4 is 34.7 Å². The van der Waals surface area contributed by atoms with Gasteiger partial charge in [-0.2, -0.15) is 0 Å². The Labute approximate surface area is 110 Å². The van der Waals surface area contributed by atoms with Crippen LogP contribution in [-0.2, 0) is 0 Å². The number of nitrogens with zero attached hydrogens (tertiary/aromatic N) is 1. The molecule has 1 aliphatic heterocycles. The molecular weight excluding hydrogens is 250 g/mol. The van der Waals surface area contributed by atoms with Gasteiger partial charge in [0.25, 0.3) is 0 Å². The number of benzene rings is 2. The maximum atomic E-state index is 6.06. The van der Waals surface area contributed by atoms with E-state index >= 15 is 0 Å². The monoisotopic (exact) mass is 259 g/mol. The molecule has 3 heteroatoms. The standard InChI is InChI=1S/C14H10ClNS/c1-2-16-11-5-3-4-6-13(11)17-14-8-7-10(15)9-12(14)16/h2-9H,1H2. The molecule has 2 aromatic carbocycles.